The third-order valence-corrected chi connectivity index (χ3v) is 2.58. The van der Waals surface area contributed by atoms with Gasteiger partial charge in [0.05, 0.1) is 6.61 Å². The molecule has 1 aromatic carbocycles. The Morgan fingerprint density at radius 3 is 2.39 bits per heavy atom. The van der Waals surface area contributed by atoms with Gasteiger partial charge in [0.25, 0.3) is 0 Å². The molecule has 0 aliphatic rings. The quantitative estimate of drug-likeness (QED) is 0.782. The van der Waals surface area contributed by atoms with E-state index < -0.39 is 12.0 Å². The summed E-state index contributed by atoms with van der Waals surface area (Å²) in [5.41, 5.74) is 0.792. The maximum atomic E-state index is 11.1. The Hall–Kier alpha value is -1.71. The van der Waals surface area contributed by atoms with Gasteiger partial charge in [0.2, 0.25) is 0 Å². The van der Waals surface area contributed by atoms with Gasteiger partial charge in [0.1, 0.15) is 11.8 Å². The molecule has 0 heterocycles. The number of benzene rings is 1. The fourth-order valence-corrected chi connectivity index (χ4v) is 1.56. The van der Waals surface area contributed by atoms with E-state index >= 15 is 0 Å². The molecule has 1 aromatic rings. The first-order valence-corrected chi connectivity index (χ1v) is 6.26. The average molecular weight is 251 g/mol. The van der Waals surface area contributed by atoms with Gasteiger partial charge in [-0.25, -0.2) is 4.79 Å². The highest BCUT2D eigenvalue weighted by molar-refractivity contribution is 5.77. The zero-order valence-electron chi connectivity index (χ0n) is 11.1. The second kappa shape index (κ2) is 6.89. The minimum absolute atomic E-state index is 0.0264. The number of anilines is 1. The fourth-order valence-electron chi connectivity index (χ4n) is 1.56. The minimum Gasteiger partial charge on any atom is -0.494 e. The highest BCUT2D eigenvalue weighted by Crippen LogP contribution is 2.18. The molecular weight excluding hydrogens is 230 g/mol. The summed E-state index contributed by atoms with van der Waals surface area (Å²) in [6, 6.07) is 6.79. The summed E-state index contributed by atoms with van der Waals surface area (Å²) in [5.74, 6) is -0.00588. The molecule has 0 spiro atoms. The van der Waals surface area contributed by atoms with Gasteiger partial charge >= 0.3 is 5.97 Å². The van der Waals surface area contributed by atoms with Gasteiger partial charge in [-0.05, 0) is 36.6 Å². The number of nitrogens with one attached hydrogen (secondary N) is 1. The normalized spacial score (nSPS) is 12.2. The van der Waals surface area contributed by atoms with Crippen molar-refractivity contribution in [3.63, 3.8) is 0 Å². The maximum absolute atomic E-state index is 11.1. The van der Waals surface area contributed by atoms with Crippen molar-refractivity contribution in [2.75, 3.05) is 11.9 Å². The van der Waals surface area contributed by atoms with Gasteiger partial charge in [-0.15, -0.1) is 0 Å². The molecule has 100 valence electrons. The van der Waals surface area contributed by atoms with E-state index in [4.69, 9.17) is 9.84 Å². The lowest BCUT2D eigenvalue weighted by atomic mass is 10.0. The van der Waals surface area contributed by atoms with Crippen molar-refractivity contribution in [3.05, 3.63) is 24.3 Å². The highest BCUT2D eigenvalue weighted by atomic mass is 16.5. The summed E-state index contributed by atoms with van der Waals surface area (Å²) < 4.78 is 5.47. The Kier molecular flexibility index (Phi) is 5.49. The number of ether oxygens (including phenoxy) is 1. The molecule has 0 amide bonds. The smallest absolute Gasteiger partial charge is 0.326 e. The molecular formula is C14H21NO3. The summed E-state index contributed by atoms with van der Waals surface area (Å²) in [6.07, 6.45) is 0.967. The van der Waals surface area contributed by atoms with Gasteiger partial charge in [-0.2, -0.15) is 0 Å². The van der Waals surface area contributed by atoms with Crippen molar-refractivity contribution < 1.29 is 14.6 Å². The Morgan fingerprint density at radius 2 is 1.94 bits per heavy atom. The number of carboxylic acids is 1. The predicted molar refractivity (Wildman–Crippen MR) is 72.1 cm³/mol. The molecule has 0 saturated carbocycles. The van der Waals surface area contributed by atoms with Gasteiger partial charge < -0.3 is 15.2 Å². The lowest BCUT2D eigenvalue weighted by Crippen LogP contribution is -2.34. The summed E-state index contributed by atoms with van der Waals surface area (Å²) >= 11 is 0. The van der Waals surface area contributed by atoms with Crippen molar-refractivity contribution in [3.8, 4) is 5.75 Å². The second-order valence-electron chi connectivity index (χ2n) is 4.58. The SMILES string of the molecule is CCCOc1ccc(NC(C(=O)O)C(C)C)cc1. The number of aliphatic carboxylic acids is 1. The molecule has 0 fully saturated rings. The molecule has 0 aliphatic heterocycles. The van der Waals surface area contributed by atoms with Crippen LogP contribution < -0.4 is 10.1 Å². The van der Waals surface area contributed by atoms with E-state index in [1.54, 1.807) is 0 Å². The number of rotatable bonds is 7. The first-order chi connectivity index (χ1) is 8.54. The van der Waals surface area contributed by atoms with Crippen LogP contribution in [0.5, 0.6) is 5.75 Å². The van der Waals surface area contributed by atoms with Crippen LogP contribution in [0.25, 0.3) is 0 Å². The van der Waals surface area contributed by atoms with E-state index in [1.165, 1.54) is 0 Å². The highest BCUT2D eigenvalue weighted by Gasteiger charge is 2.20. The first kappa shape index (κ1) is 14.4. The molecule has 0 bridgehead atoms. The molecule has 0 aromatic heterocycles. The Labute approximate surface area is 108 Å². The molecule has 2 N–H and O–H groups in total. The lowest BCUT2D eigenvalue weighted by molar-refractivity contribution is -0.138. The molecule has 4 nitrogen and oxygen atoms in total. The van der Waals surface area contributed by atoms with Crippen LogP contribution in [0.4, 0.5) is 5.69 Å². The van der Waals surface area contributed by atoms with Crippen LogP contribution in [-0.4, -0.2) is 23.7 Å². The molecule has 1 rings (SSSR count). The first-order valence-electron chi connectivity index (χ1n) is 6.26. The summed E-state index contributed by atoms with van der Waals surface area (Å²) in [6.45, 7) is 6.50. The minimum atomic E-state index is -0.837. The average Bonchev–Trinajstić information content (AvgIpc) is 2.34. The third kappa shape index (κ3) is 4.28. The van der Waals surface area contributed by atoms with Crippen LogP contribution in [0, 0.1) is 5.92 Å². The Morgan fingerprint density at radius 1 is 1.33 bits per heavy atom. The van der Waals surface area contributed by atoms with Gasteiger partial charge in [0.15, 0.2) is 0 Å². The number of hydrogen-bond donors (Lipinski definition) is 2. The number of carboxylic acid groups (broad SMARTS) is 1. The van der Waals surface area contributed by atoms with Gasteiger partial charge in [0, 0.05) is 5.69 Å². The third-order valence-electron chi connectivity index (χ3n) is 2.58. The van der Waals surface area contributed by atoms with Crippen LogP contribution in [-0.2, 0) is 4.79 Å². The van der Waals surface area contributed by atoms with E-state index in [2.05, 4.69) is 12.2 Å². The summed E-state index contributed by atoms with van der Waals surface area (Å²) in [4.78, 5) is 11.1. The monoisotopic (exact) mass is 251 g/mol. The van der Waals surface area contributed by atoms with Crippen molar-refractivity contribution in [2.45, 2.75) is 33.2 Å². The van der Waals surface area contributed by atoms with E-state index in [9.17, 15) is 4.79 Å². The van der Waals surface area contributed by atoms with Crippen molar-refractivity contribution in [1.82, 2.24) is 0 Å². The second-order valence-corrected chi connectivity index (χ2v) is 4.58. The van der Waals surface area contributed by atoms with Crippen LogP contribution in [0.3, 0.4) is 0 Å². The predicted octanol–water partition coefficient (Wildman–Crippen LogP) is 3.00. The summed E-state index contributed by atoms with van der Waals surface area (Å²) in [7, 11) is 0. The number of hydrogen-bond acceptors (Lipinski definition) is 3. The van der Waals surface area contributed by atoms with Crippen LogP contribution in [0.2, 0.25) is 0 Å². The molecule has 1 atom stereocenters. The maximum Gasteiger partial charge on any atom is 0.326 e. The largest absolute Gasteiger partial charge is 0.494 e. The number of carbonyl (C=O) groups is 1. The van der Waals surface area contributed by atoms with Gasteiger partial charge in [-0.1, -0.05) is 20.8 Å². The molecule has 18 heavy (non-hydrogen) atoms. The zero-order valence-corrected chi connectivity index (χ0v) is 11.1. The molecule has 4 heteroatoms. The van der Waals surface area contributed by atoms with E-state index in [0.29, 0.717) is 6.61 Å². The fraction of sp³-hybridized carbons (Fsp3) is 0.500. The van der Waals surface area contributed by atoms with Crippen molar-refractivity contribution >= 4 is 11.7 Å². The molecule has 0 saturated heterocycles. The van der Waals surface area contributed by atoms with Crippen molar-refractivity contribution in [1.29, 1.82) is 0 Å². The van der Waals surface area contributed by atoms with Gasteiger partial charge in [-0.3, -0.25) is 0 Å². The molecule has 1 unspecified atom stereocenters. The zero-order chi connectivity index (χ0) is 13.5. The van der Waals surface area contributed by atoms with E-state index in [1.807, 2.05) is 38.1 Å². The topological polar surface area (TPSA) is 58.6 Å². The Balaban J connectivity index is 2.64. The Bertz CT molecular complexity index is 373. The van der Waals surface area contributed by atoms with Crippen LogP contribution in [0.1, 0.15) is 27.2 Å². The standard InChI is InChI=1S/C14H21NO3/c1-4-9-18-12-7-5-11(6-8-12)15-13(10(2)3)14(16)17/h5-8,10,13,15H,4,9H2,1-3H3,(H,16,17). The molecule has 0 aliphatic carbocycles. The van der Waals surface area contributed by atoms with Crippen LogP contribution in [0.15, 0.2) is 24.3 Å². The summed E-state index contributed by atoms with van der Waals surface area (Å²) in [5, 5.41) is 12.1. The molecule has 0 radical (unpaired) electrons. The van der Waals surface area contributed by atoms with E-state index in [-0.39, 0.29) is 5.92 Å². The van der Waals surface area contributed by atoms with Crippen molar-refractivity contribution in [2.24, 2.45) is 5.92 Å². The van der Waals surface area contributed by atoms with E-state index in [0.717, 1.165) is 17.9 Å². The lowest BCUT2D eigenvalue weighted by Gasteiger charge is -2.19. The van der Waals surface area contributed by atoms with Crippen LogP contribution >= 0.6 is 0 Å².